The molecule has 3 aromatic rings. The second-order valence-corrected chi connectivity index (χ2v) is 6.33. The number of rotatable bonds is 4. The molecule has 0 spiro atoms. The number of aryl methyl sites for hydroxylation is 3. The topological polar surface area (TPSA) is 17.3 Å². The molecular formula is C19H20N2S. The predicted octanol–water partition coefficient (Wildman–Crippen LogP) is 4.64. The molecule has 2 nitrogen and oxygen atoms in total. The van der Waals surface area contributed by atoms with Crippen molar-refractivity contribution in [3.8, 4) is 0 Å². The van der Waals surface area contributed by atoms with Crippen molar-refractivity contribution in [1.82, 2.24) is 4.57 Å². The quantitative estimate of drug-likeness (QED) is 0.668. The summed E-state index contributed by atoms with van der Waals surface area (Å²) in [6.45, 7) is 5.21. The average Bonchev–Trinajstić information content (AvgIpc) is 2.89. The lowest BCUT2D eigenvalue weighted by Gasteiger charge is -2.06. The van der Waals surface area contributed by atoms with E-state index in [2.05, 4.69) is 78.4 Å². The summed E-state index contributed by atoms with van der Waals surface area (Å²) in [5, 5.41) is 2.18. The van der Waals surface area contributed by atoms with Gasteiger partial charge < -0.3 is 4.57 Å². The fourth-order valence-electron chi connectivity index (χ4n) is 2.39. The van der Waals surface area contributed by atoms with Gasteiger partial charge in [-0.1, -0.05) is 48.0 Å². The zero-order valence-corrected chi connectivity index (χ0v) is 13.8. The van der Waals surface area contributed by atoms with E-state index < -0.39 is 0 Å². The minimum absolute atomic E-state index is 0.962. The van der Waals surface area contributed by atoms with E-state index in [4.69, 9.17) is 4.99 Å². The molecule has 0 aliphatic rings. The number of benzene rings is 2. The Morgan fingerprint density at radius 3 is 2.41 bits per heavy atom. The Kier molecular flexibility index (Phi) is 4.54. The van der Waals surface area contributed by atoms with E-state index in [1.807, 2.05) is 0 Å². The summed E-state index contributed by atoms with van der Waals surface area (Å²) in [5.41, 5.74) is 4.91. The van der Waals surface area contributed by atoms with Crippen LogP contribution in [0.25, 0.3) is 0 Å². The highest BCUT2D eigenvalue weighted by molar-refractivity contribution is 7.07. The molecule has 0 atom stereocenters. The fourth-order valence-corrected chi connectivity index (χ4v) is 3.31. The van der Waals surface area contributed by atoms with E-state index in [9.17, 15) is 0 Å². The highest BCUT2D eigenvalue weighted by Crippen LogP contribution is 2.13. The van der Waals surface area contributed by atoms with Crippen LogP contribution in [-0.4, -0.2) is 4.57 Å². The van der Waals surface area contributed by atoms with E-state index in [0.29, 0.717) is 0 Å². The Balaban J connectivity index is 1.86. The van der Waals surface area contributed by atoms with Gasteiger partial charge in [-0.25, -0.2) is 4.99 Å². The van der Waals surface area contributed by atoms with E-state index >= 15 is 0 Å². The molecule has 0 fully saturated rings. The third-order valence-electron chi connectivity index (χ3n) is 3.72. The number of hydrogen-bond donors (Lipinski definition) is 0. The minimum atomic E-state index is 0.962. The number of hydrogen-bond acceptors (Lipinski definition) is 2. The first-order valence-electron chi connectivity index (χ1n) is 7.52. The normalized spacial score (nSPS) is 11.8. The average molecular weight is 308 g/mol. The monoisotopic (exact) mass is 308 g/mol. The summed E-state index contributed by atoms with van der Waals surface area (Å²) in [6, 6.07) is 19.0. The van der Waals surface area contributed by atoms with Crippen LogP contribution in [0.3, 0.4) is 0 Å². The van der Waals surface area contributed by atoms with E-state index in [1.54, 1.807) is 11.3 Å². The highest BCUT2D eigenvalue weighted by Gasteiger charge is 2.02. The van der Waals surface area contributed by atoms with E-state index in [-0.39, 0.29) is 0 Å². The van der Waals surface area contributed by atoms with Gasteiger partial charge in [0.1, 0.15) is 0 Å². The van der Waals surface area contributed by atoms with Crippen LogP contribution in [0.15, 0.2) is 65.0 Å². The lowest BCUT2D eigenvalue weighted by Crippen LogP contribution is -2.17. The molecule has 0 amide bonds. The van der Waals surface area contributed by atoms with Crippen LogP contribution < -0.4 is 4.80 Å². The highest BCUT2D eigenvalue weighted by atomic mass is 32.1. The Labute approximate surface area is 135 Å². The molecule has 0 aliphatic carbocycles. The van der Waals surface area contributed by atoms with Gasteiger partial charge in [0.2, 0.25) is 0 Å². The third-order valence-corrected chi connectivity index (χ3v) is 4.70. The van der Waals surface area contributed by atoms with Gasteiger partial charge in [0.25, 0.3) is 0 Å². The molecule has 2 aromatic carbocycles. The Hall–Kier alpha value is -2.13. The van der Waals surface area contributed by atoms with Crippen molar-refractivity contribution in [3.63, 3.8) is 0 Å². The Morgan fingerprint density at radius 2 is 1.68 bits per heavy atom. The summed E-state index contributed by atoms with van der Waals surface area (Å²) in [6.07, 6.45) is 1.03. The fraction of sp³-hybridized carbons (Fsp3) is 0.211. The molecule has 3 rings (SSSR count). The summed E-state index contributed by atoms with van der Waals surface area (Å²) in [5.74, 6) is 0. The first-order valence-corrected chi connectivity index (χ1v) is 8.40. The van der Waals surface area contributed by atoms with Crippen molar-refractivity contribution < 1.29 is 0 Å². The van der Waals surface area contributed by atoms with Crippen LogP contribution in [0, 0.1) is 13.8 Å². The van der Waals surface area contributed by atoms with Crippen LogP contribution in [0.4, 0.5) is 5.69 Å². The molecule has 1 heterocycles. The maximum atomic E-state index is 4.80. The summed E-state index contributed by atoms with van der Waals surface area (Å²) >= 11 is 1.71. The van der Waals surface area contributed by atoms with Crippen molar-refractivity contribution in [2.24, 2.45) is 4.99 Å². The Morgan fingerprint density at radius 1 is 0.955 bits per heavy atom. The van der Waals surface area contributed by atoms with E-state index in [1.165, 1.54) is 16.8 Å². The Bertz CT molecular complexity index is 795. The van der Waals surface area contributed by atoms with Crippen LogP contribution in [-0.2, 0) is 13.0 Å². The molecule has 0 bridgehead atoms. The van der Waals surface area contributed by atoms with Crippen LogP contribution in [0.1, 0.15) is 16.8 Å². The van der Waals surface area contributed by atoms with Gasteiger partial charge in [0.05, 0.1) is 5.69 Å². The molecule has 112 valence electrons. The summed E-state index contributed by atoms with van der Waals surface area (Å²) in [4.78, 5) is 5.86. The summed E-state index contributed by atoms with van der Waals surface area (Å²) in [7, 11) is 0. The van der Waals surface area contributed by atoms with E-state index in [0.717, 1.165) is 23.5 Å². The predicted molar refractivity (Wildman–Crippen MR) is 93.6 cm³/mol. The molecule has 1 aromatic heterocycles. The molecule has 0 N–H and O–H groups in total. The van der Waals surface area contributed by atoms with Crippen molar-refractivity contribution >= 4 is 17.0 Å². The molecule has 0 radical (unpaired) electrons. The van der Waals surface area contributed by atoms with Gasteiger partial charge in [-0.15, -0.1) is 11.3 Å². The lowest BCUT2D eigenvalue weighted by molar-refractivity contribution is 0.658. The molecule has 22 heavy (non-hydrogen) atoms. The van der Waals surface area contributed by atoms with Gasteiger partial charge in [-0.2, -0.15) is 0 Å². The maximum absolute atomic E-state index is 4.80. The van der Waals surface area contributed by atoms with Gasteiger partial charge >= 0.3 is 0 Å². The first kappa shape index (κ1) is 14.8. The standard InChI is InChI=1S/C19H20N2S/c1-15-8-10-18(11-9-15)20-19-21(16(2)14-22-19)13-12-17-6-4-3-5-7-17/h3-11,14H,12-13H2,1-2H3. The zero-order chi connectivity index (χ0) is 15.4. The van der Waals surface area contributed by atoms with Crippen molar-refractivity contribution in [2.45, 2.75) is 26.8 Å². The second-order valence-electron chi connectivity index (χ2n) is 5.49. The molecule has 3 heteroatoms. The zero-order valence-electron chi connectivity index (χ0n) is 13.0. The minimum Gasteiger partial charge on any atom is -0.321 e. The van der Waals surface area contributed by atoms with Crippen molar-refractivity contribution in [3.05, 3.63) is 81.6 Å². The largest absolute Gasteiger partial charge is 0.321 e. The van der Waals surface area contributed by atoms with Crippen molar-refractivity contribution in [2.75, 3.05) is 0 Å². The number of aromatic nitrogens is 1. The van der Waals surface area contributed by atoms with Crippen LogP contribution in [0.2, 0.25) is 0 Å². The molecule has 0 unspecified atom stereocenters. The molecule has 0 saturated heterocycles. The smallest absolute Gasteiger partial charge is 0.190 e. The maximum Gasteiger partial charge on any atom is 0.190 e. The van der Waals surface area contributed by atoms with Crippen molar-refractivity contribution in [1.29, 1.82) is 0 Å². The molecular weight excluding hydrogens is 288 g/mol. The number of nitrogens with zero attached hydrogens (tertiary/aromatic N) is 2. The molecule has 0 saturated carbocycles. The first-order chi connectivity index (χ1) is 10.7. The number of thiazole rings is 1. The SMILES string of the molecule is Cc1ccc(N=c2scc(C)n2CCc2ccccc2)cc1. The van der Waals surface area contributed by atoms with Crippen LogP contribution in [0.5, 0.6) is 0 Å². The van der Waals surface area contributed by atoms with Gasteiger partial charge in [0.15, 0.2) is 4.80 Å². The van der Waals surface area contributed by atoms with Crippen LogP contribution >= 0.6 is 11.3 Å². The molecule has 0 aliphatic heterocycles. The third kappa shape index (κ3) is 3.55. The lowest BCUT2D eigenvalue weighted by atomic mass is 10.1. The van der Waals surface area contributed by atoms with Gasteiger partial charge in [0, 0.05) is 17.6 Å². The second kappa shape index (κ2) is 6.75. The van der Waals surface area contributed by atoms with Gasteiger partial charge in [-0.05, 0) is 38.0 Å². The summed E-state index contributed by atoms with van der Waals surface area (Å²) < 4.78 is 2.30. The van der Waals surface area contributed by atoms with Gasteiger partial charge in [-0.3, -0.25) is 0 Å².